The van der Waals surface area contributed by atoms with Crippen LogP contribution in [0.4, 0.5) is 11.5 Å². The number of rotatable bonds is 5. The summed E-state index contributed by atoms with van der Waals surface area (Å²) < 4.78 is 0. The Kier molecular flexibility index (Phi) is 4.41. The Balaban J connectivity index is 1.98. The molecule has 1 heterocycles. The molecule has 0 aliphatic heterocycles. The number of nitro groups is 1. The predicted octanol–water partition coefficient (Wildman–Crippen LogP) is 3.08. The zero-order chi connectivity index (χ0) is 13.0. The zero-order valence-corrected chi connectivity index (χ0v) is 11.2. The second-order valence-corrected chi connectivity index (χ2v) is 5.85. The highest BCUT2D eigenvalue weighted by Gasteiger charge is 2.27. The molecule has 5 nitrogen and oxygen atoms in total. The first kappa shape index (κ1) is 13.1. The SMILES string of the molecule is CCSC1CCCC1Nc1ccc([N+](=O)[O-])nc1. The summed E-state index contributed by atoms with van der Waals surface area (Å²) in [5, 5.41) is 14.6. The predicted molar refractivity (Wildman–Crippen MR) is 74.1 cm³/mol. The summed E-state index contributed by atoms with van der Waals surface area (Å²) in [6.07, 6.45) is 5.20. The quantitative estimate of drug-likeness (QED) is 0.656. The minimum atomic E-state index is -0.477. The average Bonchev–Trinajstić information content (AvgIpc) is 2.78. The molecule has 0 bridgehead atoms. The third kappa shape index (κ3) is 3.13. The van der Waals surface area contributed by atoms with Crippen molar-refractivity contribution >= 4 is 23.3 Å². The van der Waals surface area contributed by atoms with Gasteiger partial charge in [0.25, 0.3) is 0 Å². The number of pyridine rings is 1. The number of nitrogens with one attached hydrogen (secondary N) is 1. The van der Waals surface area contributed by atoms with Gasteiger partial charge in [0.15, 0.2) is 6.20 Å². The van der Waals surface area contributed by atoms with E-state index in [1.165, 1.54) is 18.9 Å². The second kappa shape index (κ2) is 6.04. The molecule has 0 amide bonds. The Morgan fingerprint density at radius 1 is 1.56 bits per heavy atom. The van der Waals surface area contributed by atoms with E-state index in [1.54, 1.807) is 12.3 Å². The maximum atomic E-state index is 10.5. The molecule has 6 heteroatoms. The molecule has 0 saturated heterocycles. The van der Waals surface area contributed by atoms with Crippen molar-refractivity contribution in [3.63, 3.8) is 0 Å². The molecule has 0 spiro atoms. The van der Waals surface area contributed by atoms with Gasteiger partial charge in [-0.2, -0.15) is 11.8 Å². The molecule has 1 aliphatic rings. The van der Waals surface area contributed by atoms with Gasteiger partial charge in [0.2, 0.25) is 0 Å². The maximum absolute atomic E-state index is 10.5. The molecule has 18 heavy (non-hydrogen) atoms. The van der Waals surface area contributed by atoms with E-state index in [9.17, 15) is 10.1 Å². The van der Waals surface area contributed by atoms with Crippen LogP contribution in [-0.2, 0) is 0 Å². The Hall–Kier alpha value is -1.30. The lowest BCUT2D eigenvalue weighted by molar-refractivity contribution is -0.389. The lowest BCUT2D eigenvalue weighted by atomic mass is 10.2. The van der Waals surface area contributed by atoms with Crippen LogP contribution in [0.25, 0.3) is 0 Å². The number of nitrogens with zero attached hydrogens (tertiary/aromatic N) is 2. The van der Waals surface area contributed by atoms with Gasteiger partial charge in [0, 0.05) is 17.4 Å². The fraction of sp³-hybridized carbons (Fsp3) is 0.583. The van der Waals surface area contributed by atoms with Crippen LogP contribution in [0.1, 0.15) is 26.2 Å². The van der Waals surface area contributed by atoms with Gasteiger partial charge in [-0.3, -0.25) is 0 Å². The Morgan fingerprint density at radius 2 is 2.39 bits per heavy atom. The van der Waals surface area contributed by atoms with E-state index in [0.29, 0.717) is 11.3 Å². The van der Waals surface area contributed by atoms with E-state index in [2.05, 4.69) is 17.2 Å². The minimum Gasteiger partial charge on any atom is -0.378 e. The molecular formula is C12H17N3O2S. The molecule has 1 saturated carbocycles. The number of hydrogen-bond donors (Lipinski definition) is 1. The molecular weight excluding hydrogens is 250 g/mol. The summed E-state index contributed by atoms with van der Waals surface area (Å²) in [4.78, 5) is 13.9. The first-order chi connectivity index (χ1) is 8.70. The molecule has 2 unspecified atom stereocenters. The third-order valence-corrected chi connectivity index (χ3v) is 4.45. The van der Waals surface area contributed by atoms with Crippen LogP contribution < -0.4 is 5.32 Å². The molecule has 1 N–H and O–H groups in total. The van der Waals surface area contributed by atoms with E-state index in [1.807, 2.05) is 11.8 Å². The largest absolute Gasteiger partial charge is 0.378 e. The van der Waals surface area contributed by atoms with Crippen LogP contribution in [0.15, 0.2) is 18.3 Å². The Morgan fingerprint density at radius 3 is 3.00 bits per heavy atom. The molecule has 1 aliphatic carbocycles. The molecule has 0 aromatic carbocycles. The van der Waals surface area contributed by atoms with Gasteiger partial charge in [-0.05, 0) is 34.6 Å². The summed E-state index contributed by atoms with van der Waals surface area (Å²) >= 11 is 1.98. The van der Waals surface area contributed by atoms with Crippen molar-refractivity contribution in [3.05, 3.63) is 28.4 Å². The molecule has 1 aromatic rings. The fourth-order valence-electron chi connectivity index (χ4n) is 2.30. The summed E-state index contributed by atoms with van der Waals surface area (Å²) in [6, 6.07) is 3.63. The fourth-order valence-corrected chi connectivity index (χ4v) is 3.50. The van der Waals surface area contributed by atoms with Crippen molar-refractivity contribution in [1.29, 1.82) is 0 Å². The van der Waals surface area contributed by atoms with Gasteiger partial charge in [0.1, 0.15) is 0 Å². The lowest BCUT2D eigenvalue weighted by Gasteiger charge is -2.20. The van der Waals surface area contributed by atoms with Crippen LogP contribution in [0, 0.1) is 10.1 Å². The third-order valence-electron chi connectivity index (χ3n) is 3.12. The van der Waals surface area contributed by atoms with Crippen LogP contribution in [0.5, 0.6) is 0 Å². The number of anilines is 1. The van der Waals surface area contributed by atoms with Crippen LogP contribution in [0.2, 0.25) is 0 Å². The van der Waals surface area contributed by atoms with E-state index in [4.69, 9.17) is 0 Å². The molecule has 1 fully saturated rings. The van der Waals surface area contributed by atoms with Crippen molar-refractivity contribution in [3.8, 4) is 0 Å². The first-order valence-electron chi connectivity index (χ1n) is 6.19. The topological polar surface area (TPSA) is 68.1 Å². The monoisotopic (exact) mass is 267 g/mol. The minimum absolute atomic E-state index is 0.105. The van der Waals surface area contributed by atoms with Crippen LogP contribution in [0.3, 0.4) is 0 Å². The van der Waals surface area contributed by atoms with E-state index in [0.717, 1.165) is 17.9 Å². The summed E-state index contributed by atoms with van der Waals surface area (Å²) in [5.41, 5.74) is 0.870. The van der Waals surface area contributed by atoms with Crippen molar-refractivity contribution in [1.82, 2.24) is 4.98 Å². The van der Waals surface area contributed by atoms with Crippen molar-refractivity contribution < 1.29 is 4.92 Å². The van der Waals surface area contributed by atoms with Crippen molar-refractivity contribution in [2.75, 3.05) is 11.1 Å². The summed E-state index contributed by atoms with van der Waals surface area (Å²) in [7, 11) is 0. The van der Waals surface area contributed by atoms with Gasteiger partial charge < -0.3 is 15.4 Å². The standard InChI is InChI=1S/C12H17N3O2S/c1-2-18-11-5-3-4-10(11)14-9-6-7-12(13-8-9)15(16)17/h6-8,10-11,14H,2-5H2,1H3. The maximum Gasteiger partial charge on any atom is 0.363 e. The first-order valence-corrected chi connectivity index (χ1v) is 7.24. The van der Waals surface area contributed by atoms with Gasteiger partial charge in [0.05, 0.1) is 5.69 Å². The van der Waals surface area contributed by atoms with E-state index in [-0.39, 0.29) is 5.82 Å². The highest BCUT2D eigenvalue weighted by molar-refractivity contribution is 7.99. The van der Waals surface area contributed by atoms with Gasteiger partial charge >= 0.3 is 5.82 Å². The number of hydrogen-bond acceptors (Lipinski definition) is 5. The van der Waals surface area contributed by atoms with E-state index >= 15 is 0 Å². The smallest absolute Gasteiger partial charge is 0.363 e. The van der Waals surface area contributed by atoms with E-state index < -0.39 is 4.92 Å². The Labute approximate surface area is 111 Å². The highest BCUT2D eigenvalue weighted by atomic mass is 32.2. The Bertz CT molecular complexity index is 410. The van der Waals surface area contributed by atoms with Crippen LogP contribution in [-0.4, -0.2) is 27.0 Å². The molecule has 0 radical (unpaired) electrons. The normalized spacial score (nSPS) is 22.9. The molecule has 2 rings (SSSR count). The second-order valence-electron chi connectivity index (χ2n) is 4.34. The molecule has 1 aromatic heterocycles. The number of thioether (sulfide) groups is 1. The van der Waals surface area contributed by atoms with Crippen LogP contribution >= 0.6 is 11.8 Å². The summed E-state index contributed by atoms with van der Waals surface area (Å²) in [5.74, 6) is 1.02. The van der Waals surface area contributed by atoms with Gasteiger partial charge in [-0.25, -0.2) is 0 Å². The highest BCUT2D eigenvalue weighted by Crippen LogP contribution is 2.32. The number of aromatic nitrogens is 1. The van der Waals surface area contributed by atoms with Gasteiger partial charge in [-0.1, -0.05) is 13.3 Å². The summed E-state index contributed by atoms with van der Waals surface area (Å²) in [6.45, 7) is 2.17. The molecule has 2 atom stereocenters. The van der Waals surface area contributed by atoms with Crippen molar-refractivity contribution in [2.45, 2.75) is 37.5 Å². The lowest BCUT2D eigenvalue weighted by Crippen LogP contribution is -2.26. The average molecular weight is 267 g/mol. The zero-order valence-electron chi connectivity index (χ0n) is 10.3. The molecule has 98 valence electrons. The van der Waals surface area contributed by atoms with Gasteiger partial charge in [-0.15, -0.1) is 0 Å². The van der Waals surface area contributed by atoms with Crippen molar-refractivity contribution in [2.24, 2.45) is 0 Å².